The van der Waals surface area contributed by atoms with Crippen LogP contribution in [0, 0.1) is 0 Å². The van der Waals surface area contributed by atoms with Gasteiger partial charge in [0.2, 0.25) is 5.95 Å². The predicted molar refractivity (Wildman–Crippen MR) is 55.1 cm³/mol. The van der Waals surface area contributed by atoms with Crippen LogP contribution in [0.5, 0.6) is 0 Å². The number of ether oxygens (including phenoxy) is 1. The summed E-state index contributed by atoms with van der Waals surface area (Å²) in [6.07, 6.45) is 1.21. The van der Waals surface area contributed by atoms with Crippen molar-refractivity contribution >= 4 is 11.9 Å². The number of hydrogen-bond donors (Lipinski definition) is 1. The highest BCUT2D eigenvalue weighted by atomic mass is 16.5. The Morgan fingerprint density at radius 1 is 1.60 bits per heavy atom. The first-order chi connectivity index (χ1) is 7.06. The second-order valence-corrected chi connectivity index (χ2v) is 3.06. The molecule has 1 N–H and O–H groups in total. The van der Waals surface area contributed by atoms with E-state index in [4.69, 9.17) is 4.74 Å². The minimum Gasteiger partial charge on any atom is -0.462 e. The number of hydrogen-bond acceptors (Lipinski definition) is 5. The second kappa shape index (κ2) is 4.59. The van der Waals surface area contributed by atoms with Crippen molar-refractivity contribution in [3.05, 3.63) is 22.1 Å². The van der Waals surface area contributed by atoms with E-state index in [0.29, 0.717) is 5.95 Å². The fraction of sp³-hybridized carbons (Fsp3) is 0.444. The van der Waals surface area contributed by atoms with Crippen LogP contribution in [0.4, 0.5) is 5.95 Å². The highest BCUT2D eigenvalue weighted by molar-refractivity contribution is 5.88. The minimum atomic E-state index is -0.656. The molecule has 0 aromatic carbocycles. The van der Waals surface area contributed by atoms with Gasteiger partial charge in [0.15, 0.2) is 0 Å². The van der Waals surface area contributed by atoms with Crippen LogP contribution in [0.3, 0.4) is 0 Å². The van der Waals surface area contributed by atoms with Crippen molar-refractivity contribution < 1.29 is 9.53 Å². The molecular weight excluding hydrogens is 198 g/mol. The van der Waals surface area contributed by atoms with Gasteiger partial charge in [-0.15, -0.1) is 0 Å². The van der Waals surface area contributed by atoms with Crippen LogP contribution in [0.25, 0.3) is 0 Å². The molecule has 15 heavy (non-hydrogen) atoms. The van der Waals surface area contributed by atoms with E-state index in [9.17, 15) is 9.59 Å². The van der Waals surface area contributed by atoms with Gasteiger partial charge >= 0.3 is 5.97 Å². The quantitative estimate of drug-likeness (QED) is 0.713. The number of carbonyl (C=O) groups excluding carboxylic acids is 1. The number of nitrogens with one attached hydrogen (secondary N) is 1. The Morgan fingerprint density at radius 2 is 2.27 bits per heavy atom. The van der Waals surface area contributed by atoms with Gasteiger partial charge in [-0.3, -0.25) is 9.78 Å². The first-order valence-corrected chi connectivity index (χ1v) is 4.50. The van der Waals surface area contributed by atoms with Crippen LogP contribution >= 0.6 is 0 Å². The molecule has 1 aromatic rings. The van der Waals surface area contributed by atoms with Crippen LogP contribution in [-0.2, 0) is 4.74 Å². The van der Waals surface area contributed by atoms with Crippen molar-refractivity contribution in [1.29, 1.82) is 0 Å². The van der Waals surface area contributed by atoms with Gasteiger partial charge in [0, 0.05) is 14.1 Å². The Labute approximate surface area is 86.9 Å². The van der Waals surface area contributed by atoms with Gasteiger partial charge in [0.1, 0.15) is 5.56 Å². The zero-order valence-electron chi connectivity index (χ0n) is 8.90. The van der Waals surface area contributed by atoms with Gasteiger partial charge < -0.3 is 9.64 Å². The molecule has 0 aliphatic heterocycles. The number of esters is 1. The van der Waals surface area contributed by atoms with Crippen LogP contribution in [0.2, 0.25) is 0 Å². The lowest BCUT2D eigenvalue weighted by atomic mass is 10.3. The lowest BCUT2D eigenvalue weighted by molar-refractivity contribution is 0.0524. The average molecular weight is 211 g/mol. The fourth-order valence-electron chi connectivity index (χ4n) is 0.967. The zero-order valence-corrected chi connectivity index (χ0v) is 8.90. The summed E-state index contributed by atoms with van der Waals surface area (Å²) in [6.45, 7) is 1.90. The van der Waals surface area contributed by atoms with E-state index in [2.05, 4.69) is 9.97 Å². The first kappa shape index (κ1) is 11.2. The Kier molecular flexibility index (Phi) is 3.43. The normalized spacial score (nSPS) is 9.80. The van der Waals surface area contributed by atoms with Crippen molar-refractivity contribution in [1.82, 2.24) is 9.97 Å². The van der Waals surface area contributed by atoms with Crippen LogP contribution < -0.4 is 10.5 Å². The molecule has 0 aliphatic rings. The van der Waals surface area contributed by atoms with E-state index in [-0.39, 0.29) is 12.2 Å². The number of anilines is 1. The van der Waals surface area contributed by atoms with Crippen LogP contribution in [-0.4, -0.2) is 36.6 Å². The molecule has 1 heterocycles. The summed E-state index contributed by atoms with van der Waals surface area (Å²) in [6, 6.07) is 0. The summed E-state index contributed by atoms with van der Waals surface area (Å²) in [7, 11) is 3.48. The van der Waals surface area contributed by atoms with E-state index in [1.807, 2.05) is 0 Å². The number of carbonyl (C=O) groups is 1. The number of nitrogens with zero attached hydrogens (tertiary/aromatic N) is 2. The molecule has 0 saturated heterocycles. The molecule has 6 heteroatoms. The second-order valence-electron chi connectivity index (χ2n) is 3.06. The third kappa shape index (κ3) is 2.55. The Morgan fingerprint density at radius 3 is 2.73 bits per heavy atom. The van der Waals surface area contributed by atoms with Crippen LogP contribution in [0.1, 0.15) is 17.3 Å². The fourth-order valence-corrected chi connectivity index (χ4v) is 0.967. The number of H-pyrrole nitrogens is 1. The van der Waals surface area contributed by atoms with E-state index < -0.39 is 11.5 Å². The largest absolute Gasteiger partial charge is 0.462 e. The standard InChI is InChI=1S/C9H13N3O3/c1-4-15-8(14)6-5-10-9(12(2)3)11-7(6)13/h5H,4H2,1-3H3,(H,10,11,13). The third-order valence-corrected chi connectivity index (χ3v) is 1.70. The summed E-state index contributed by atoms with van der Waals surface area (Å²) in [5.74, 6) is -0.260. The number of rotatable bonds is 3. The molecule has 0 amide bonds. The molecule has 6 nitrogen and oxygen atoms in total. The van der Waals surface area contributed by atoms with Gasteiger partial charge in [-0.05, 0) is 6.92 Å². The topological polar surface area (TPSA) is 75.3 Å². The van der Waals surface area contributed by atoms with Crippen molar-refractivity contribution in [2.24, 2.45) is 0 Å². The molecule has 0 bridgehead atoms. The molecule has 0 spiro atoms. The van der Waals surface area contributed by atoms with Crippen LogP contribution in [0.15, 0.2) is 11.0 Å². The smallest absolute Gasteiger partial charge is 0.345 e. The van der Waals surface area contributed by atoms with E-state index in [1.165, 1.54) is 6.20 Å². The molecule has 0 saturated carbocycles. The van der Waals surface area contributed by atoms with Crippen molar-refractivity contribution in [3.8, 4) is 0 Å². The minimum absolute atomic E-state index is 0.0811. The maximum atomic E-state index is 11.4. The maximum absolute atomic E-state index is 11.4. The molecule has 0 fully saturated rings. The molecule has 0 radical (unpaired) electrons. The summed E-state index contributed by atoms with van der Waals surface area (Å²) in [5.41, 5.74) is -0.574. The monoisotopic (exact) mass is 211 g/mol. The number of aromatic amines is 1. The van der Waals surface area contributed by atoms with Crippen molar-refractivity contribution in [2.75, 3.05) is 25.6 Å². The highest BCUT2D eigenvalue weighted by Gasteiger charge is 2.12. The lowest BCUT2D eigenvalue weighted by Crippen LogP contribution is -2.24. The molecule has 0 atom stereocenters. The summed E-state index contributed by atoms with van der Waals surface area (Å²) in [4.78, 5) is 30.7. The number of aromatic nitrogens is 2. The molecule has 1 rings (SSSR count). The van der Waals surface area contributed by atoms with Gasteiger partial charge in [0.25, 0.3) is 5.56 Å². The maximum Gasteiger partial charge on any atom is 0.345 e. The first-order valence-electron chi connectivity index (χ1n) is 4.50. The summed E-state index contributed by atoms with van der Waals surface area (Å²) in [5, 5.41) is 0. The molecular formula is C9H13N3O3. The zero-order chi connectivity index (χ0) is 11.4. The van der Waals surface area contributed by atoms with Crippen molar-refractivity contribution in [2.45, 2.75) is 6.92 Å². The Balaban J connectivity index is 3.03. The van der Waals surface area contributed by atoms with Crippen molar-refractivity contribution in [3.63, 3.8) is 0 Å². The molecule has 0 unspecified atom stereocenters. The van der Waals surface area contributed by atoms with Gasteiger partial charge in [-0.1, -0.05) is 0 Å². The summed E-state index contributed by atoms with van der Waals surface area (Å²) >= 11 is 0. The van der Waals surface area contributed by atoms with E-state index >= 15 is 0 Å². The van der Waals surface area contributed by atoms with E-state index in [1.54, 1.807) is 25.9 Å². The highest BCUT2D eigenvalue weighted by Crippen LogP contribution is 1.99. The predicted octanol–water partition coefficient (Wildman–Crippen LogP) is 0.0126. The Bertz CT molecular complexity index is 411. The van der Waals surface area contributed by atoms with Gasteiger partial charge in [0.05, 0.1) is 12.8 Å². The summed E-state index contributed by atoms with van der Waals surface area (Å²) < 4.78 is 4.70. The third-order valence-electron chi connectivity index (χ3n) is 1.70. The van der Waals surface area contributed by atoms with Gasteiger partial charge in [-0.2, -0.15) is 0 Å². The Hall–Kier alpha value is -1.85. The average Bonchev–Trinajstić information content (AvgIpc) is 2.17. The van der Waals surface area contributed by atoms with E-state index in [0.717, 1.165) is 0 Å². The molecule has 0 aliphatic carbocycles. The molecule has 82 valence electrons. The lowest BCUT2D eigenvalue weighted by Gasteiger charge is -2.10. The van der Waals surface area contributed by atoms with Gasteiger partial charge in [-0.25, -0.2) is 9.78 Å². The SMILES string of the molecule is CCOC(=O)c1cnc(N(C)C)[nH]c1=O. The molecule has 1 aromatic heterocycles.